The Hall–Kier alpha value is -1.75. The summed E-state index contributed by atoms with van der Waals surface area (Å²) in [5.41, 5.74) is 1.36. The number of anilines is 1. The minimum atomic E-state index is -0.313. The predicted octanol–water partition coefficient (Wildman–Crippen LogP) is 2.76. The number of ether oxygens (including phenoxy) is 1. The number of halogens is 1. The molecule has 1 aromatic carbocycles. The van der Waals surface area contributed by atoms with Gasteiger partial charge in [0.25, 0.3) is 0 Å². The maximum absolute atomic E-state index is 11.9. The van der Waals surface area contributed by atoms with Gasteiger partial charge in [0.05, 0.1) is 19.3 Å². The van der Waals surface area contributed by atoms with Crippen molar-refractivity contribution < 1.29 is 14.3 Å². The molecule has 0 aliphatic heterocycles. The normalized spacial score (nSPS) is 10.4. The summed E-state index contributed by atoms with van der Waals surface area (Å²) < 4.78 is 5.17. The minimum absolute atomic E-state index is 0.0730. The SMILES string of the molecule is COc1cc(Cl)c(C)cc1NC(=O)CNC(=O)CC(C)C. The maximum atomic E-state index is 11.9. The molecule has 2 N–H and O–H groups in total. The van der Waals surface area contributed by atoms with E-state index in [4.69, 9.17) is 16.3 Å². The monoisotopic (exact) mass is 312 g/mol. The van der Waals surface area contributed by atoms with Gasteiger partial charge in [0.1, 0.15) is 5.75 Å². The number of benzene rings is 1. The van der Waals surface area contributed by atoms with E-state index >= 15 is 0 Å². The average molecular weight is 313 g/mol. The lowest BCUT2D eigenvalue weighted by Gasteiger charge is -2.13. The number of rotatable bonds is 6. The molecule has 0 radical (unpaired) electrons. The van der Waals surface area contributed by atoms with Crippen molar-refractivity contribution in [3.05, 3.63) is 22.7 Å². The quantitative estimate of drug-likeness (QED) is 0.848. The Balaban J connectivity index is 2.63. The van der Waals surface area contributed by atoms with Crippen LogP contribution in [0, 0.1) is 12.8 Å². The van der Waals surface area contributed by atoms with E-state index in [0.29, 0.717) is 22.9 Å². The molecule has 0 atom stereocenters. The van der Waals surface area contributed by atoms with Crippen molar-refractivity contribution in [1.82, 2.24) is 5.32 Å². The average Bonchev–Trinajstić information content (AvgIpc) is 2.39. The highest BCUT2D eigenvalue weighted by molar-refractivity contribution is 6.31. The smallest absolute Gasteiger partial charge is 0.243 e. The Kier molecular flexibility index (Phi) is 6.49. The third-order valence-corrected chi connectivity index (χ3v) is 3.20. The van der Waals surface area contributed by atoms with E-state index in [1.165, 1.54) is 7.11 Å². The summed E-state index contributed by atoms with van der Waals surface area (Å²) in [4.78, 5) is 23.4. The van der Waals surface area contributed by atoms with Crippen molar-refractivity contribution >= 4 is 29.1 Å². The number of amides is 2. The first-order valence-electron chi connectivity index (χ1n) is 6.74. The summed E-state index contributed by atoms with van der Waals surface area (Å²) in [5.74, 6) is 0.283. The van der Waals surface area contributed by atoms with Gasteiger partial charge in [0.2, 0.25) is 11.8 Å². The zero-order valence-electron chi connectivity index (χ0n) is 12.7. The lowest BCUT2D eigenvalue weighted by molar-refractivity contribution is -0.124. The van der Waals surface area contributed by atoms with E-state index in [1.54, 1.807) is 12.1 Å². The molecule has 1 aromatic rings. The van der Waals surface area contributed by atoms with Gasteiger partial charge in [-0.15, -0.1) is 0 Å². The van der Waals surface area contributed by atoms with Gasteiger partial charge < -0.3 is 15.4 Å². The third kappa shape index (κ3) is 5.63. The lowest BCUT2D eigenvalue weighted by Crippen LogP contribution is -2.33. The van der Waals surface area contributed by atoms with Crippen LogP contribution in [0.1, 0.15) is 25.8 Å². The van der Waals surface area contributed by atoms with Crippen LogP contribution in [-0.4, -0.2) is 25.5 Å². The van der Waals surface area contributed by atoms with E-state index in [1.807, 2.05) is 20.8 Å². The lowest BCUT2D eigenvalue weighted by atomic mass is 10.1. The summed E-state index contributed by atoms with van der Waals surface area (Å²) >= 11 is 6.00. The van der Waals surface area contributed by atoms with Crippen LogP contribution in [0.15, 0.2) is 12.1 Å². The van der Waals surface area contributed by atoms with Gasteiger partial charge in [-0.1, -0.05) is 25.4 Å². The number of carbonyl (C=O) groups is 2. The highest BCUT2D eigenvalue weighted by Crippen LogP contribution is 2.30. The molecule has 116 valence electrons. The topological polar surface area (TPSA) is 67.4 Å². The summed E-state index contributed by atoms with van der Waals surface area (Å²) in [6.45, 7) is 5.65. The van der Waals surface area contributed by atoms with E-state index in [2.05, 4.69) is 10.6 Å². The Morgan fingerprint density at radius 3 is 2.52 bits per heavy atom. The van der Waals surface area contributed by atoms with Crippen LogP contribution in [0.25, 0.3) is 0 Å². The van der Waals surface area contributed by atoms with Gasteiger partial charge in [0, 0.05) is 17.5 Å². The van der Waals surface area contributed by atoms with E-state index < -0.39 is 0 Å². The van der Waals surface area contributed by atoms with Crippen molar-refractivity contribution in [1.29, 1.82) is 0 Å². The standard InChI is InChI=1S/C15H21ClN2O3/c1-9(2)5-14(19)17-8-15(20)18-12-6-10(3)11(16)7-13(12)21-4/h6-7,9H,5,8H2,1-4H3,(H,17,19)(H,18,20). The van der Waals surface area contributed by atoms with Crippen molar-refractivity contribution in [2.24, 2.45) is 5.92 Å². The second-order valence-electron chi connectivity index (χ2n) is 5.22. The fourth-order valence-electron chi connectivity index (χ4n) is 1.75. The summed E-state index contributed by atoms with van der Waals surface area (Å²) in [7, 11) is 1.50. The first-order chi connectivity index (χ1) is 9.83. The van der Waals surface area contributed by atoms with Crippen molar-refractivity contribution in [2.75, 3.05) is 19.0 Å². The molecular weight excluding hydrogens is 292 g/mol. The van der Waals surface area contributed by atoms with Gasteiger partial charge >= 0.3 is 0 Å². The largest absolute Gasteiger partial charge is 0.495 e. The number of methoxy groups -OCH3 is 1. The highest BCUT2D eigenvalue weighted by atomic mass is 35.5. The van der Waals surface area contributed by atoms with E-state index in [-0.39, 0.29) is 24.3 Å². The number of aryl methyl sites for hydroxylation is 1. The fourth-order valence-corrected chi connectivity index (χ4v) is 1.90. The van der Waals surface area contributed by atoms with Crippen molar-refractivity contribution in [3.63, 3.8) is 0 Å². The number of carbonyl (C=O) groups excluding carboxylic acids is 2. The predicted molar refractivity (Wildman–Crippen MR) is 83.8 cm³/mol. The zero-order chi connectivity index (χ0) is 16.0. The molecule has 21 heavy (non-hydrogen) atoms. The summed E-state index contributed by atoms with van der Waals surface area (Å²) in [6, 6.07) is 3.37. The number of nitrogens with one attached hydrogen (secondary N) is 2. The molecule has 0 saturated heterocycles. The molecule has 0 aliphatic carbocycles. The van der Waals surface area contributed by atoms with Crippen molar-refractivity contribution in [3.8, 4) is 5.75 Å². The molecule has 0 saturated carbocycles. The summed E-state index contributed by atoms with van der Waals surface area (Å²) in [5, 5.41) is 5.85. The van der Waals surface area contributed by atoms with Gasteiger partial charge in [-0.05, 0) is 24.5 Å². The molecular formula is C15H21ClN2O3. The fraction of sp³-hybridized carbons (Fsp3) is 0.467. The van der Waals surface area contributed by atoms with Crippen LogP contribution >= 0.6 is 11.6 Å². The molecule has 0 fully saturated rings. The molecule has 1 rings (SSSR count). The first-order valence-corrected chi connectivity index (χ1v) is 7.12. The van der Waals surface area contributed by atoms with Crippen LogP contribution in [0.5, 0.6) is 5.75 Å². The van der Waals surface area contributed by atoms with Crippen LogP contribution in [0.2, 0.25) is 5.02 Å². The van der Waals surface area contributed by atoms with Crippen LogP contribution < -0.4 is 15.4 Å². The van der Waals surface area contributed by atoms with E-state index in [9.17, 15) is 9.59 Å². The Morgan fingerprint density at radius 2 is 1.95 bits per heavy atom. The second-order valence-corrected chi connectivity index (χ2v) is 5.63. The first kappa shape index (κ1) is 17.3. The van der Waals surface area contributed by atoms with Crippen LogP contribution in [-0.2, 0) is 9.59 Å². The molecule has 0 unspecified atom stereocenters. The highest BCUT2D eigenvalue weighted by Gasteiger charge is 2.11. The molecule has 2 amide bonds. The Bertz CT molecular complexity index is 530. The molecule has 0 aromatic heterocycles. The Morgan fingerprint density at radius 1 is 1.29 bits per heavy atom. The molecule has 5 nitrogen and oxygen atoms in total. The molecule has 0 spiro atoms. The zero-order valence-corrected chi connectivity index (χ0v) is 13.5. The molecule has 6 heteroatoms. The van der Waals surface area contributed by atoms with Gasteiger partial charge in [0.15, 0.2) is 0 Å². The number of hydrogen-bond donors (Lipinski definition) is 2. The molecule has 0 aliphatic rings. The van der Waals surface area contributed by atoms with Gasteiger partial charge in [-0.25, -0.2) is 0 Å². The Labute approximate surface area is 130 Å². The number of hydrogen-bond acceptors (Lipinski definition) is 3. The van der Waals surface area contributed by atoms with Gasteiger partial charge in [-0.2, -0.15) is 0 Å². The molecule has 0 heterocycles. The minimum Gasteiger partial charge on any atom is -0.495 e. The second kappa shape index (κ2) is 7.88. The molecule has 0 bridgehead atoms. The van der Waals surface area contributed by atoms with Gasteiger partial charge in [-0.3, -0.25) is 9.59 Å². The third-order valence-electron chi connectivity index (χ3n) is 2.79. The van der Waals surface area contributed by atoms with Crippen LogP contribution in [0.4, 0.5) is 5.69 Å². The van der Waals surface area contributed by atoms with Crippen LogP contribution in [0.3, 0.4) is 0 Å². The summed E-state index contributed by atoms with van der Waals surface area (Å²) in [6.07, 6.45) is 0.399. The van der Waals surface area contributed by atoms with Crippen molar-refractivity contribution in [2.45, 2.75) is 27.2 Å². The van der Waals surface area contributed by atoms with E-state index in [0.717, 1.165) is 5.56 Å². The maximum Gasteiger partial charge on any atom is 0.243 e.